The summed E-state index contributed by atoms with van der Waals surface area (Å²) in [5, 5.41) is 2.78. The van der Waals surface area contributed by atoms with Crippen LogP contribution in [0.5, 0.6) is 0 Å². The number of hydrogen-bond donors (Lipinski definition) is 1. The van der Waals surface area contributed by atoms with E-state index < -0.39 is 29.2 Å². The summed E-state index contributed by atoms with van der Waals surface area (Å²) in [7, 11) is 0. The first-order chi connectivity index (χ1) is 14.6. The van der Waals surface area contributed by atoms with Gasteiger partial charge in [0, 0.05) is 26.2 Å². The Morgan fingerprint density at radius 2 is 1.61 bits per heavy atom. The molecule has 31 heavy (non-hydrogen) atoms. The fourth-order valence-electron chi connectivity index (χ4n) is 3.83. The monoisotopic (exact) mass is 430 g/mol. The smallest absolute Gasteiger partial charge is 0.410 e. The summed E-state index contributed by atoms with van der Waals surface area (Å²) in [6.07, 6.45) is -0.0369. The lowest BCUT2D eigenvalue weighted by atomic mass is 9.87. The van der Waals surface area contributed by atoms with Gasteiger partial charge in [0.25, 0.3) is 5.91 Å². The third kappa shape index (κ3) is 4.65. The molecule has 0 saturated carbocycles. The number of nitrogens with zero attached hydrogens (tertiary/aromatic N) is 3. The van der Waals surface area contributed by atoms with Gasteiger partial charge in [0.15, 0.2) is 0 Å². The summed E-state index contributed by atoms with van der Waals surface area (Å²) in [5.74, 6) is -0.751. The van der Waals surface area contributed by atoms with Gasteiger partial charge in [0.2, 0.25) is 5.91 Å². The molecule has 0 unspecified atom stereocenters. The molecule has 2 saturated heterocycles. The molecule has 0 aromatic heterocycles. The zero-order chi connectivity index (χ0) is 22.8. The van der Waals surface area contributed by atoms with Crippen molar-refractivity contribution in [2.24, 2.45) is 0 Å². The van der Waals surface area contributed by atoms with Crippen LogP contribution in [0.15, 0.2) is 30.3 Å². The average Bonchev–Trinajstić information content (AvgIpc) is 2.98. The molecular weight excluding hydrogens is 400 g/mol. The molecule has 3 rings (SSSR count). The molecule has 9 nitrogen and oxygen atoms in total. The van der Waals surface area contributed by atoms with Crippen molar-refractivity contribution >= 4 is 23.9 Å². The fourth-order valence-corrected chi connectivity index (χ4v) is 3.83. The minimum Gasteiger partial charge on any atom is -0.444 e. The molecule has 1 N–H and O–H groups in total. The summed E-state index contributed by atoms with van der Waals surface area (Å²) in [5.41, 5.74) is -1.05. The molecule has 5 amide bonds. The van der Waals surface area contributed by atoms with Crippen molar-refractivity contribution in [1.29, 1.82) is 0 Å². The number of ether oxygens (including phenoxy) is 1. The highest BCUT2D eigenvalue weighted by molar-refractivity contribution is 6.09. The summed E-state index contributed by atoms with van der Waals surface area (Å²) in [6, 6.07) is 8.48. The number of carbonyl (C=O) groups excluding carboxylic acids is 4. The predicted molar refractivity (Wildman–Crippen MR) is 113 cm³/mol. The molecule has 2 fully saturated rings. The highest BCUT2D eigenvalue weighted by Gasteiger charge is 2.51. The molecular formula is C22H30N4O5. The van der Waals surface area contributed by atoms with Crippen molar-refractivity contribution < 1.29 is 23.9 Å². The number of nitrogens with one attached hydrogen (secondary N) is 1. The van der Waals surface area contributed by atoms with Crippen molar-refractivity contribution in [1.82, 2.24) is 20.0 Å². The van der Waals surface area contributed by atoms with Crippen LogP contribution >= 0.6 is 0 Å². The zero-order valence-electron chi connectivity index (χ0n) is 18.5. The number of piperazine rings is 1. The second-order valence-electron chi connectivity index (χ2n) is 8.79. The maximum absolute atomic E-state index is 13.2. The third-order valence-corrected chi connectivity index (χ3v) is 5.55. The molecule has 2 aliphatic heterocycles. The predicted octanol–water partition coefficient (Wildman–Crippen LogP) is 1.92. The topological polar surface area (TPSA) is 99.3 Å². The largest absolute Gasteiger partial charge is 0.444 e. The van der Waals surface area contributed by atoms with Gasteiger partial charge in [0.1, 0.15) is 17.7 Å². The molecule has 0 spiro atoms. The zero-order valence-corrected chi connectivity index (χ0v) is 18.5. The van der Waals surface area contributed by atoms with Crippen molar-refractivity contribution in [2.45, 2.75) is 45.3 Å². The van der Waals surface area contributed by atoms with Crippen LogP contribution in [0.4, 0.5) is 9.59 Å². The third-order valence-electron chi connectivity index (χ3n) is 5.55. The highest BCUT2D eigenvalue weighted by Crippen LogP contribution is 2.32. The number of hydrogen-bond acceptors (Lipinski definition) is 5. The Kier molecular flexibility index (Phi) is 6.24. The van der Waals surface area contributed by atoms with E-state index in [2.05, 4.69) is 5.32 Å². The van der Waals surface area contributed by atoms with Crippen LogP contribution in [0.25, 0.3) is 0 Å². The van der Waals surface area contributed by atoms with Crippen molar-refractivity contribution in [3.05, 3.63) is 35.9 Å². The molecule has 1 aromatic rings. The number of urea groups is 1. The Hall–Kier alpha value is -3.10. The maximum Gasteiger partial charge on any atom is 0.410 e. The van der Waals surface area contributed by atoms with Gasteiger partial charge in [-0.3, -0.25) is 14.5 Å². The minimum atomic E-state index is -1.16. The van der Waals surface area contributed by atoms with Gasteiger partial charge in [-0.15, -0.1) is 0 Å². The van der Waals surface area contributed by atoms with Gasteiger partial charge in [-0.1, -0.05) is 37.3 Å². The molecule has 0 aliphatic carbocycles. The number of benzene rings is 1. The first kappa shape index (κ1) is 22.6. The van der Waals surface area contributed by atoms with E-state index in [0.717, 1.165) is 4.90 Å². The van der Waals surface area contributed by atoms with Gasteiger partial charge in [0.05, 0.1) is 0 Å². The van der Waals surface area contributed by atoms with Crippen LogP contribution in [-0.2, 0) is 19.9 Å². The van der Waals surface area contributed by atoms with Gasteiger partial charge >= 0.3 is 12.1 Å². The molecule has 168 valence electrons. The molecule has 1 aromatic carbocycles. The molecule has 2 aliphatic rings. The van der Waals surface area contributed by atoms with Gasteiger partial charge in [-0.2, -0.15) is 0 Å². The van der Waals surface area contributed by atoms with E-state index in [1.807, 2.05) is 25.1 Å². The standard InChI is InChI=1S/C22H30N4O5/c1-5-22(16-9-7-6-8-10-16)18(28)26(19(29)23-22)15-17(27)24-11-13-25(14-12-24)20(30)31-21(2,3)4/h6-10H,5,11-15H2,1-4H3,(H,23,29)/t22-/m0/s1. The van der Waals surface area contributed by atoms with Crippen molar-refractivity contribution in [3.8, 4) is 0 Å². The van der Waals surface area contributed by atoms with E-state index in [9.17, 15) is 19.2 Å². The van der Waals surface area contributed by atoms with E-state index in [0.29, 0.717) is 38.2 Å². The highest BCUT2D eigenvalue weighted by atomic mass is 16.6. The lowest BCUT2D eigenvalue weighted by molar-refractivity contribution is -0.140. The lowest BCUT2D eigenvalue weighted by Gasteiger charge is -2.36. The molecule has 0 bridgehead atoms. The van der Waals surface area contributed by atoms with E-state index in [-0.39, 0.29) is 12.5 Å². The number of rotatable bonds is 4. The SMILES string of the molecule is CC[C@@]1(c2ccccc2)NC(=O)N(CC(=O)N2CCN(C(=O)OC(C)(C)C)CC2)C1=O. The summed E-state index contributed by atoms with van der Waals surface area (Å²) < 4.78 is 5.36. The number of imide groups is 1. The Balaban J connectivity index is 1.62. The Bertz CT molecular complexity index is 858. The van der Waals surface area contributed by atoms with Crippen LogP contribution in [-0.4, -0.2) is 77.0 Å². The molecule has 9 heteroatoms. The second kappa shape index (κ2) is 8.56. The van der Waals surface area contributed by atoms with Crippen molar-refractivity contribution in [2.75, 3.05) is 32.7 Å². The van der Waals surface area contributed by atoms with Gasteiger partial charge in [-0.25, -0.2) is 9.59 Å². The van der Waals surface area contributed by atoms with Crippen LogP contribution in [0, 0.1) is 0 Å². The van der Waals surface area contributed by atoms with Crippen LogP contribution in [0.3, 0.4) is 0 Å². The second-order valence-corrected chi connectivity index (χ2v) is 8.79. The number of carbonyl (C=O) groups is 4. The Morgan fingerprint density at radius 3 is 2.16 bits per heavy atom. The fraction of sp³-hybridized carbons (Fsp3) is 0.545. The normalized spacial score (nSPS) is 21.9. The quantitative estimate of drug-likeness (QED) is 0.736. The van der Waals surface area contributed by atoms with Crippen LogP contribution in [0.1, 0.15) is 39.7 Å². The van der Waals surface area contributed by atoms with Gasteiger partial charge in [-0.05, 0) is 32.8 Å². The Morgan fingerprint density at radius 1 is 1.03 bits per heavy atom. The Labute approximate surface area is 182 Å². The lowest BCUT2D eigenvalue weighted by Crippen LogP contribution is -2.54. The average molecular weight is 431 g/mol. The molecule has 0 radical (unpaired) electrons. The van der Waals surface area contributed by atoms with Crippen LogP contribution < -0.4 is 5.32 Å². The number of amides is 5. The minimum absolute atomic E-state index is 0.319. The van der Waals surface area contributed by atoms with Crippen molar-refractivity contribution in [3.63, 3.8) is 0 Å². The molecule has 1 atom stereocenters. The maximum atomic E-state index is 13.2. The summed E-state index contributed by atoms with van der Waals surface area (Å²) >= 11 is 0. The first-order valence-electron chi connectivity index (χ1n) is 10.5. The summed E-state index contributed by atoms with van der Waals surface area (Å²) in [6.45, 7) is 8.21. The van der Waals surface area contributed by atoms with Crippen LogP contribution in [0.2, 0.25) is 0 Å². The molecule has 2 heterocycles. The van der Waals surface area contributed by atoms with E-state index in [4.69, 9.17) is 4.74 Å². The van der Waals surface area contributed by atoms with E-state index in [1.165, 1.54) is 0 Å². The first-order valence-corrected chi connectivity index (χ1v) is 10.5. The van der Waals surface area contributed by atoms with E-state index >= 15 is 0 Å². The van der Waals surface area contributed by atoms with Gasteiger partial charge < -0.3 is 19.9 Å². The van der Waals surface area contributed by atoms with E-state index in [1.54, 1.807) is 42.7 Å². The summed E-state index contributed by atoms with van der Waals surface area (Å²) in [4.78, 5) is 54.8.